The third-order valence-corrected chi connectivity index (χ3v) is 6.28. The van der Waals surface area contributed by atoms with Gasteiger partial charge in [-0.25, -0.2) is 0 Å². The number of carbonyl (C=O) groups is 1. The molecule has 25 heavy (non-hydrogen) atoms. The lowest BCUT2D eigenvalue weighted by atomic mass is 9.98. The number of hydrogen-bond donors (Lipinski definition) is 0. The van der Waals surface area contributed by atoms with Crippen molar-refractivity contribution >= 4 is 17.2 Å². The summed E-state index contributed by atoms with van der Waals surface area (Å²) in [4.78, 5) is 21.4. The fraction of sp³-hybridized carbons (Fsp3) is 0.611. The molecule has 0 aromatic carbocycles. The summed E-state index contributed by atoms with van der Waals surface area (Å²) >= 11 is 1.55. The second kappa shape index (κ2) is 6.21. The van der Waals surface area contributed by atoms with E-state index in [-0.39, 0.29) is 11.8 Å². The van der Waals surface area contributed by atoms with Crippen LogP contribution in [0.5, 0.6) is 0 Å². The van der Waals surface area contributed by atoms with Crippen molar-refractivity contribution in [2.24, 2.45) is 5.92 Å². The first-order chi connectivity index (χ1) is 12.3. The van der Waals surface area contributed by atoms with Crippen LogP contribution in [0, 0.1) is 5.92 Å². The number of thiophene rings is 1. The summed E-state index contributed by atoms with van der Waals surface area (Å²) in [6, 6.07) is 2.17. The van der Waals surface area contributed by atoms with Crippen LogP contribution in [-0.2, 0) is 0 Å². The summed E-state index contributed by atoms with van der Waals surface area (Å²) in [5, 5.41) is 8.05. The quantitative estimate of drug-likeness (QED) is 0.822. The van der Waals surface area contributed by atoms with Crippen molar-refractivity contribution < 1.29 is 9.32 Å². The first-order valence-electron chi connectivity index (χ1n) is 9.17. The van der Waals surface area contributed by atoms with Gasteiger partial charge in [0, 0.05) is 25.0 Å². The molecule has 0 bridgehead atoms. The number of amides is 1. The zero-order chi connectivity index (χ0) is 16.8. The largest absolute Gasteiger partial charge is 0.338 e. The summed E-state index contributed by atoms with van der Waals surface area (Å²) in [6.07, 6.45) is 5.06. The molecule has 1 unspecified atom stereocenters. The third kappa shape index (κ3) is 3.00. The molecule has 5 rings (SSSR count). The number of hydrogen-bond acceptors (Lipinski definition) is 6. The van der Waals surface area contributed by atoms with E-state index < -0.39 is 0 Å². The van der Waals surface area contributed by atoms with Crippen molar-refractivity contribution in [2.75, 3.05) is 26.2 Å². The van der Waals surface area contributed by atoms with Gasteiger partial charge in [0.2, 0.25) is 5.89 Å². The van der Waals surface area contributed by atoms with Crippen LogP contribution in [-0.4, -0.2) is 52.0 Å². The maximum absolute atomic E-state index is 12.3. The van der Waals surface area contributed by atoms with Crippen molar-refractivity contribution in [3.8, 4) is 0 Å². The minimum atomic E-state index is 0.104. The molecule has 2 saturated heterocycles. The maximum atomic E-state index is 12.3. The second-order valence-corrected chi connectivity index (χ2v) is 8.29. The molecule has 2 aromatic rings. The molecule has 1 atom stereocenters. The van der Waals surface area contributed by atoms with Crippen LogP contribution in [0.3, 0.4) is 0 Å². The highest BCUT2D eigenvalue weighted by atomic mass is 32.1. The average molecular weight is 358 g/mol. The first kappa shape index (κ1) is 15.5. The third-order valence-electron chi connectivity index (χ3n) is 5.60. The van der Waals surface area contributed by atoms with Crippen LogP contribution in [0.15, 0.2) is 21.3 Å². The minimum absolute atomic E-state index is 0.104. The van der Waals surface area contributed by atoms with Gasteiger partial charge in [-0.15, -0.1) is 0 Å². The van der Waals surface area contributed by atoms with Gasteiger partial charge in [0.05, 0.1) is 17.5 Å². The molecule has 3 aliphatic rings. The molecular weight excluding hydrogens is 336 g/mol. The molecule has 0 radical (unpaired) electrons. The Hall–Kier alpha value is -1.73. The Kier molecular flexibility index (Phi) is 3.86. The van der Waals surface area contributed by atoms with E-state index in [0.29, 0.717) is 19.1 Å². The number of rotatable bonds is 5. The predicted octanol–water partition coefficient (Wildman–Crippen LogP) is 2.92. The summed E-state index contributed by atoms with van der Waals surface area (Å²) < 4.78 is 5.60. The van der Waals surface area contributed by atoms with E-state index in [1.807, 2.05) is 21.7 Å². The second-order valence-electron chi connectivity index (χ2n) is 7.51. The van der Waals surface area contributed by atoms with Gasteiger partial charge in [-0.3, -0.25) is 9.69 Å². The molecule has 0 spiro atoms. The SMILES string of the molecule is O=C(c1ccsc1)N1CC(c2noc(C3CCCN3CC3CC3)n2)C1. The smallest absolute Gasteiger partial charge is 0.254 e. The molecular formula is C18H22N4O2S. The molecule has 2 aromatic heterocycles. The van der Waals surface area contributed by atoms with Gasteiger partial charge in [-0.2, -0.15) is 16.3 Å². The highest BCUT2D eigenvalue weighted by Crippen LogP contribution is 2.37. The van der Waals surface area contributed by atoms with Gasteiger partial charge in [0.15, 0.2) is 5.82 Å². The van der Waals surface area contributed by atoms with Crippen LogP contribution < -0.4 is 0 Å². The molecule has 6 nitrogen and oxygen atoms in total. The van der Waals surface area contributed by atoms with Crippen LogP contribution in [0.4, 0.5) is 0 Å². The monoisotopic (exact) mass is 358 g/mol. The van der Waals surface area contributed by atoms with Crippen molar-refractivity contribution in [3.05, 3.63) is 34.1 Å². The van der Waals surface area contributed by atoms with E-state index in [2.05, 4.69) is 10.1 Å². The normalized spacial score (nSPS) is 24.6. The lowest BCUT2D eigenvalue weighted by Crippen LogP contribution is -2.48. The topological polar surface area (TPSA) is 62.5 Å². The van der Waals surface area contributed by atoms with E-state index in [0.717, 1.165) is 36.2 Å². The Bertz CT molecular complexity index is 749. The van der Waals surface area contributed by atoms with Crippen LogP contribution in [0.2, 0.25) is 0 Å². The van der Waals surface area contributed by atoms with Crippen LogP contribution in [0.1, 0.15) is 59.7 Å². The zero-order valence-electron chi connectivity index (χ0n) is 14.1. The van der Waals surface area contributed by atoms with Gasteiger partial charge in [-0.1, -0.05) is 5.16 Å². The minimum Gasteiger partial charge on any atom is -0.338 e. The Labute approximate surface area is 150 Å². The highest BCUT2D eigenvalue weighted by molar-refractivity contribution is 7.08. The molecule has 2 aliphatic heterocycles. The number of aromatic nitrogens is 2. The molecule has 0 N–H and O–H groups in total. The lowest BCUT2D eigenvalue weighted by Gasteiger charge is -2.37. The van der Waals surface area contributed by atoms with E-state index in [4.69, 9.17) is 9.51 Å². The summed E-state index contributed by atoms with van der Waals surface area (Å²) in [5.74, 6) is 2.73. The fourth-order valence-electron chi connectivity index (χ4n) is 3.88. The van der Waals surface area contributed by atoms with Gasteiger partial charge in [0.25, 0.3) is 5.91 Å². The standard InChI is InChI=1S/C18H22N4O2S/c23-18(13-5-7-25-11-13)22-9-14(10-22)16-19-17(24-20-16)15-2-1-6-21(15)8-12-3-4-12/h5,7,11-12,14-15H,1-4,6,8-10H2. The molecule has 7 heteroatoms. The average Bonchev–Trinajstić information content (AvgIpc) is 3.02. The van der Waals surface area contributed by atoms with E-state index in [9.17, 15) is 4.79 Å². The Morgan fingerprint density at radius 3 is 2.96 bits per heavy atom. The van der Waals surface area contributed by atoms with Gasteiger partial charge in [-0.05, 0) is 49.6 Å². The Balaban J connectivity index is 1.21. The number of likely N-dealkylation sites (tertiary alicyclic amines) is 2. The van der Waals surface area contributed by atoms with Crippen LogP contribution in [0.25, 0.3) is 0 Å². The molecule has 4 heterocycles. The zero-order valence-corrected chi connectivity index (χ0v) is 15.0. The first-order valence-corrected chi connectivity index (χ1v) is 10.1. The van der Waals surface area contributed by atoms with Crippen molar-refractivity contribution in [1.82, 2.24) is 19.9 Å². The summed E-state index contributed by atoms with van der Waals surface area (Å²) in [6.45, 7) is 3.69. The van der Waals surface area contributed by atoms with Gasteiger partial charge < -0.3 is 9.42 Å². The highest BCUT2D eigenvalue weighted by Gasteiger charge is 2.38. The van der Waals surface area contributed by atoms with Crippen molar-refractivity contribution in [2.45, 2.75) is 37.6 Å². The molecule has 1 aliphatic carbocycles. The number of carbonyl (C=O) groups excluding carboxylic acids is 1. The maximum Gasteiger partial charge on any atom is 0.254 e. The summed E-state index contributed by atoms with van der Waals surface area (Å²) in [7, 11) is 0. The molecule has 1 amide bonds. The Morgan fingerprint density at radius 2 is 2.20 bits per heavy atom. The predicted molar refractivity (Wildman–Crippen MR) is 93.5 cm³/mol. The molecule has 132 valence electrons. The van der Waals surface area contributed by atoms with Crippen LogP contribution >= 0.6 is 11.3 Å². The lowest BCUT2D eigenvalue weighted by molar-refractivity contribution is 0.0593. The van der Waals surface area contributed by atoms with Crippen molar-refractivity contribution in [3.63, 3.8) is 0 Å². The van der Waals surface area contributed by atoms with Gasteiger partial charge >= 0.3 is 0 Å². The van der Waals surface area contributed by atoms with E-state index in [1.54, 1.807) is 11.3 Å². The molecule has 1 saturated carbocycles. The number of nitrogens with zero attached hydrogens (tertiary/aromatic N) is 4. The van der Waals surface area contributed by atoms with E-state index >= 15 is 0 Å². The molecule has 3 fully saturated rings. The van der Waals surface area contributed by atoms with Crippen molar-refractivity contribution in [1.29, 1.82) is 0 Å². The van der Waals surface area contributed by atoms with Gasteiger partial charge in [0.1, 0.15) is 0 Å². The van der Waals surface area contributed by atoms with E-state index in [1.165, 1.54) is 25.8 Å². The fourth-order valence-corrected chi connectivity index (χ4v) is 4.51. The summed E-state index contributed by atoms with van der Waals surface area (Å²) in [5.41, 5.74) is 0.777. The Morgan fingerprint density at radius 1 is 1.32 bits per heavy atom.